The molecule has 0 fully saturated rings. The monoisotopic (exact) mass is 961 g/mol. The number of para-hydroxylation sites is 1. The molecule has 0 saturated carbocycles. The van der Waals surface area contributed by atoms with Crippen molar-refractivity contribution >= 4 is 76.0 Å². The van der Waals surface area contributed by atoms with Gasteiger partial charge in [-0.3, -0.25) is 43.3 Å². The van der Waals surface area contributed by atoms with Crippen molar-refractivity contribution in [3.05, 3.63) is 90.1 Å². The molecule has 4 rings (SSSR count). The van der Waals surface area contributed by atoms with Crippen LogP contribution in [0.3, 0.4) is 0 Å². The van der Waals surface area contributed by atoms with Gasteiger partial charge in [0, 0.05) is 61.2 Å². The van der Waals surface area contributed by atoms with Crippen molar-refractivity contribution in [1.82, 2.24) is 46.9 Å². The standard InChI is InChI=1S/C44H59N13O10S/c1-68-17-15-29(45)38(62)53-32(13-14-36(58)59)41(65)57-35(20-27-22-48-24-52-27)43(67)55-33(18-25-8-3-2-4-9-25)42(66)54-31(12-7-16-49-44(46)47)40(64)56-34(39(63)51-23-37(60)61)19-26-21-50-30-11-6-5-10-28(26)30/h2-6,8-11,21-22,24,29,31-35,50H,7,12-20,23,45H2,1H3,(H,48,52)(H,51,63)(H,53,62)(H,54,66)(H,55,67)(H,56,64)(H,57,65)(H,58,59)(H,60,61)(H4,46,47,49)/t29-,31+,32+,33+,34-,35+/m0/s1. The van der Waals surface area contributed by atoms with Crippen LogP contribution < -0.4 is 49.1 Å². The number of rotatable bonds is 29. The van der Waals surface area contributed by atoms with Crippen LogP contribution in [0.2, 0.25) is 0 Å². The molecule has 2 aromatic carbocycles. The Morgan fingerprint density at radius 1 is 0.691 bits per heavy atom. The molecule has 366 valence electrons. The highest BCUT2D eigenvalue weighted by Gasteiger charge is 2.34. The van der Waals surface area contributed by atoms with Gasteiger partial charge in [-0.15, -0.1) is 0 Å². The van der Waals surface area contributed by atoms with Crippen molar-refractivity contribution in [3.8, 4) is 0 Å². The van der Waals surface area contributed by atoms with E-state index in [9.17, 15) is 48.6 Å². The van der Waals surface area contributed by atoms with Crippen LogP contribution in [0.5, 0.6) is 0 Å². The molecule has 0 aliphatic carbocycles. The van der Waals surface area contributed by atoms with Crippen molar-refractivity contribution in [2.24, 2.45) is 22.2 Å². The number of hydrogen-bond donors (Lipinski definition) is 13. The van der Waals surface area contributed by atoms with Gasteiger partial charge in [0.1, 0.15) is 36.8 Å². The number of hydrogen-bond acceptors (Lipinski definition) is 12. The zero-order chi connectivity index (χ0) is 49.6. The predicted octanol–water partition coefficient (Wildman–Crippen LogP) is -1.46. The second-order valence-electron chi connectivity index (χ2n) is 15.7. The SMILES string of the molecule is CSCC[C@H](N)C(=O)N[C@H](CCC(=O)O)C(=O)N[C@H](Cc1cnc[nH]1)C(=O)N[C@H](Cc1ccccc1)C(=O)N[C@H](CCCN=C(N)N)C(=O)N[C@@H](Cc1c[nH]c2ccccc12)C(=O)NCC(=O)O. The van der Waals surface area contributed by atoms with Gasteiger partial charge in [0.05, 0.1) is 12.4 Å². The fourth-order valence-electron chi connectivity index (χ4n) is 6.95. The van der Waals surface area contributed by atoms with Crippen LogP contribution >= 0.6 is 11.8 Å². The van der Waals surface area contributed by atoms with Crippen LogP contribution in [0, 0.1) is 0 Å². The lowest BCUT2D eigenvalue weighted by molar-refractivity contribution is -0.139. The smallest absolute Gasteiger partial charge is 0.322 e. The number of nitrogens with two attached hydrogens (primary N) is 3. The second-order valence-corrected chi connectivity index (χ2v) is 16.7. The molecule has 0 aliphatic rings. The number of fused-ring (bicyclic) bond motifs is 1. The maximum atomic E-state index is 14.5. The summed E-state index contributed by atoms with van der Waals surface area (Å²) in [5, 5.41) is 35.0. The molecular formula is C44H59N13O10S. The minimum atomic E-state index is -1.43. The third kappa shape index (κ3) is 17.7. The van der Waals surface area contributed by atoms with Crippen LogP contribution in [0.15, 0.2) is 78.3 Å². The van der Waals surface area contributed by atoms with Gasteiger partial charge >= 0.3 is 11.9 Å². The van der Waals surface area contributed by atoms with Gasteiger partial charge in [0.25, 0.3) is 0 Å². The number of carboxylic acids is 2. The number of H-pyrrole nitrogens is 2. The zero-order valence-electron chi connectivity index (χ0n) is 37.4. The maximum Gasteiger partial charge on any atom is 0.322 e. The predicted molar refractivity (Wildman–Crippen MR) is 252 cm³/mol. The van der Waals surface area contributed by atoms with Crippen LogP contribution in [-0.4, -0.2) is 140 Å². The van der Waals surface area contributed by atoms with Gasteiger partial charge in [-0.05, 0) is 54.9 Å². The number of imidazole rings is 1. The number of guanidine groups is 1. The molecule has 24 heteroatoms. The molecule has 2 heterocycles. The molecule has 0 radical (unpaired) electrons. The molecule has 2 aromatic heterocycles. The number of aromatic amines is 2. The first kappa shape index (κ1) is 53.1. The number of thioether (sulfide) groups is 1. The molecule has 0 saturated heterocycles. The van der Waals surface area contributed by atoms with Gasteiger partial charge in [0.15, 0.2) is 5.96 Å². The molecule has 6 atom stereocenters. The lowest BCUT2D eigenvalue weighted by Gasteiger charge is -2.27. The Bertz CT molecular complexity index is 2360. The number of amides is 6. The third-order valence-electron chi connectivity index (χ3n) is 10.5. The van der Waals surface area contributed by atoms with Crippen LogP contribution in [-0.2, 0) is 57.6 Å². The number of carbonyl (C=O) groups excluding carboxylic acids is 6. The normalized spacial score (nSPS) is 13.6. The van der Waals surface area contributed by atoms with Gasteiger partial charge < -0.3 is 69.3 Å². The Kier molecular flexibility index (Phi) is 21.3. The summed E-state index contributed by atoms with van der Waals surface area (Å²) >= 11 is 1.46. The first-order valence-corrected chi connectivity index (χ1v) is 23.0. The molecular weight excluding hydrogens is 903 g/mol. The van der Waals surface area contributed by atoms with Crippen molar-refractivity contribution in [1.29, 1.82) is 0 Å². The van der Waals surface area contributed by atoms with Gasteiger partial charge in [-0.2, -0.15) is 11.8 Å². The second kappa shape index (κ2) is 27.2. The number of aromatic nitrogens is 3. The number of nitrogens with zero attached hydrogens (tertiary/aromatic N) is 2. The number of carboxylic acid groups (broad SMARTS) is 2. The summed E-state index contributed by atoms with van der Waals surface area (Å²) in [6.45, 7) is -0.679. The molecule has 68 heavy (non-hydrogen) atoms. The van der Waals surface area contributed by atoms with Crippen molar-refractivity contribution in [2.75, 3.05) is 25.1 Å². The van der Waals surface area contributed by atoms with E-state index in [1.165, 1.54) is 24.3 Å². The van der Waals surface area contributed by atoms with E-state index in [0.29, 0.717) is 22.6 Å². The van der Waals surface area contributed by atoms with Gasteiger partial charge in [-0.25, -0.2) is 4.98 Å². The third-order valence-corrected chi connectivity index (χ3v) is 11.1. The van der Waals surface area contributed by atoms with Crippen molar-refractivity contribution in [2.45, 2.75) is 87.6 Å². The lowest BCUT2D eigenvalue weighted by Crippen LogP contribution is -2.60. The molecule has 0 bridgehead atoms. The highest BCUT2D eigenvalue weighted by atomic mass is 32.2. The van der Waals surface area contributed by atoms with Gasteiger partial charge in [0.2, 0.25) is 35.4 Å². The Balaban J connectivity index is 1.64. The van der Waals surface area contributed by atoms with Crippen LogP contribution in [0.1, 0.15) is 48.9 Å². The first-order chi connectivity index (χ1) is 32.5. The largest absolute Gasteiger partial charge is 0.481 e. The fraction of sp³-hybridized carbons (Fsp3) is 0.409. The van der Waals surface area contributed by atoms with Crippen molar-refractivity contribution < 1.29 is 48.6 Å². The molecule has 6 amide bonds. The summed E-state index contributed by atoms with van der Waals surface area (Å²) < 4.78 is 0. The highest BCUT2D eigenvalue weighted by molar-refractivity contribution is 7.98. The molecule has 0 aliphatic heterocycles. The Morgan fingerprint density at radius 3 is 1.90 bits per heavy atom. The molecule has 0 unspecified atom stereocenters. The zero-order valence-corrected chi connectivity index (χ0v) is 38.2. The van der Waals surface area contributed by atoms with E-state index >= 15 is 0 Å². The Labute approximate surface area is 395 Å². The number of aliphatic imine (C=N–C) groups is 1. The summed E-state index contributed by atoms with van der Waals surface area (Å²) in [4.78, 5) is 120. The minimum absolute atomic E-state index is 0.0522. The van der Waals surface area contributed by atoms with E-state index in [-0.39, 0.29) is 57.5 Å². The quantitative estimate of drug-likeness (QED) is 0.0168. The molecule has 0 spiro atoms. The van der Waals surface area contributed by atoms with E-state index in [0.717, 1.165) is 10.9 Å². The summed E-state index contributed by atoms with van der Waals surface area (Å²) in [5.74, 6) is -7.15. The number of carbonyl (C=O) groups is 8. The average molecular weight is 962 g/mol. The topological polar surface area (TPSA) is 384 Å². The highest BCUT2D eigenvalue weighted by Crippen LogP contribution is 2.20. The summed E-state index contributed by atoms with van der Waals surface area (Å²) in [6, 6.07) is 7.90. The number of benzene rings is 2. The van der Waals surface area contributed by atoms with Crippen LogP contribution in [0.25, 0.3) is 10.9 Å². The summed E-state index contributed by atoms with van der Waals surface area (Å²) in [5.41, 5.74) is 19.5. The first-order valence-electron chi connectivity index (χ1n) is 21.6. The van der Waals surface area contributed by atoms with E-state index < -0.39 is 96.6 Å². The molecule has 16 N–H and O–H groups in total. The maximum absolute atomic E-state index is 14.5. The molecule has 23 nitrogen and oxygen atoms in total. The van der Waals surface area contributed by atoms with E-state index in [1.807, 2.05) is 24.5 Å². The molecule has 4 aromatic rings. The van der Waals surface area contributed by atoms with Gasteiger partial charge in [-0.1, -0.05) is 48.5 Å². The average Bonchev–Trinajstić information content (AvgIpc) is 3.99. The fourth-order valence-corrected chi connectivity index (χ4v) is 7.44. The van der Waals surface area contributed by atoms with E-state index in [4.69, 9.17) is 17.2 Å². The summed E-state index contributed by atoms with van der Waals surface area (Å²) in [7, 11) is 0. The number of aliphatic carboxylic acids is 2. The number of nitrogens with one attached hydrogen (secondary N) is 8. The Hall–Kier alpha value is -7.47. The summed E-state index contributed by atoms with van der Waals surface area (Å²) in [6.07, 6.45) is 5.40. The van der Waals surface area contributed by atoms with E-state index in [1.54, 1.807) is 42.6 Å². The Morgan fingerprint density at radius 2 is 1.28 bits per heavy atom. The van der Waals surface area contributed by atoms with Crippen molar-refractivity contribution in [3.63, 3.8) is 0 Å². The minimum Gasteiger partial charge on any atom is -0.481 e. The van der Waals surface area contributed by atoms with E-state index in [2.05, 4.69) is 51.8 Å². The van der Waals surface area contributed by atoms with Crippen LogP contribution in [0.4, 0.5) is 0 Å². The lowest BCUT2D eigenvalue weighted by atomic mass is 10.0.